The van der Waals surface area contributed by atoms with Crippen LogP contribution in [0.5, 0.6) is 0 Å². The maximum atomic E-state index is 4.53. The molecule has 0 spiro atoms. The van der Waals surface area contributed by atoms with E-state index in [1.807, 2.05) is 30.2 Å². The molecule has 2 aromatic heterocycles. The molecule has 0 fully saturated rings. The molecular formula is C25H25N7. The highest BCUT2D eigenvalue weighted by Crippen LogP contribution is 2.39. The highest BCUT2D eigenvalue weighted by molar-refractivity contribution is 5.91. The van der Waals surface area contributed by atoms with Crippen LogP contribution < -0.4 is 16.3 Å². The first-order valence-electron chi connectivity index (χ1n) is 10.9. The maximum Gasteiger partial charge on any atom is 0.0814 e. The van der Waals surface area contributed by atoms with Crippen LogP contribution in [0.2, 0.25) is 0 Å². The van der Waals surface area contributed by atoms with Crippen LogP contribution in [0.15, 0.2) is 72.8 Å². The Balaban J connectivity index is 1.49. The molecule has 32 heavy (non-hydrogen) atoms. The zero-order chi connectivity index (χ0) is 21.7. The minimum absolute atomic E-state index is 0.153. The molecule has 6 rings (SSSR count). The molecule has 7 nitrogen and oxygen atoms in total. The lowest BCUT2D eigenvalue weighted by Gasteiger charge is -2.22. The van der Waals surface area contributed by atoms with E-state index in [-0.39, 0.29) is 6.04 Å². The summed E-state index contributed by atoms with van der Waals surface area (Å²) in [5.41, 5.74) is 15.9. The van der Waals surface area contributed by atoms with Gasteiger partial charge in [0.05, 0.1) is 29.1 Å². The zero-order valence-corrected chi connectivity index (χ0v) is 18.1. The molecular weight excluding hydrogens is 398 g/mol. The van der Waals surface area contributed by atoms with Crippen LogP contribution >= 0.6 is 0 Å². The highest BCUT2D eigenvalue weighted by Gasteiger charge is 2.30. The fourth-order valence-corrected chi connectivity index (χ4v) is 4.78. The number of hydrazine groups is 2. The van der Waals surface area contributed by atoms with Crippen molar-refractivity contribution in [3.63, 3.8) is 0 Å². The van der Waals surface area contributed by atoms with Crippen molar-refractivity contribution in [1.29, 1.82) is 0 Å². The normalized spacial score (nSPS) is 17.7. The summed E-state index contributed by atoms with van der Waals surface area (Å²) in [7, 11) is 1.95. The molecule has 1 atom stereocenters. The van der Waals surface area contributed by atoms with Crippen LogP contribution in [0.25, 0.3) is 27.7 Å². The summed E-state index contributed by atoms with van der Waals surface area (Å²) >= 11 is 0. The van der Waals surface area contributed by atoms with Crippen LogP contribution in [0.1, 0.15) is 30.5 Å². The Labute approximate surface area is 186 Å². The summed E-state index contributed by atoms with van der Waals surface area (Å²) in [5, 5.41) is 11.6. The molecule has 1 unspecified atom stereocenters. The van der Waals surface area contributed by atoms with Gasteiger partial charge in [-0.25, -0.2) is 0 Å². The third-order valence-electron chi connectivity index (χ3n) is 6.34. The molecule has 4 heterocycles. The minimum atomic E-state index is 0.153. The van der Waals surface area contributed by atoms with Crippen molar-refractivity contribution in [1.82, 2.24) is 30.7 Å². The summed E-state index contributed by atoms with van der Waals surface area (Å²) in [6.07, 6.45) is 6.78. The molecule has 0 bridgehead atoms. The van der Waals surface area contributed by atoms with E-state index < -0.39 is 0 Å². The highest BCUT2D eigenvalue weighted by atomic mass is 15.7. The van der Waals surface area contributed by atoms with Gasteiger partial charge < -0.3 is 10.7 Å². The zero-order valence-electron chi connectivity index (χ0n) is 18.1. The molecule has 3 N–H and O–H groups in total. The van der Waals surface area contributed by atoms with Gasteiger partial charge in [0.15, 0.2) is 0 Å². The molecule has 2 aromatic carbocycles. The maximum absolute atomic E-state index is 4.53. The lowest BCUT2D eigenvalue weighted by Crippen LogP contribution is -2.37. The SMILES string of the molecule is CC1=C2c3ccc(-c4cnn(C)c4)cc3C(Nc3cccc4ncccc34)CCN2NN1. The van der Waals surface area contributed by atoms with E-state index in [4.69, 9.17) is 0 Å². The summed E-state index contributed by atoms with van der Waals surface area (Å²) in [6.45, 7) is 3.00. The van der Waals surface area contributed by atoms with E-state index in [9.17, 15) is 0 Å². The third kappa shape index (κ3) is 3.09. The Morgan fingerprint density at radius 1 is 1.09 bits per heavy atom. The van der Waals surface area contributed by atoms with E-state index in [1.54, 1.807) is 0 Å². The van der Waals surface area contributed by atoms with Crippen molar-refractivity contribution >= 4 is 22.3 Å². The van der Waals surface area contributed by atoms with Gasteiger partial charge in [0.2, 0.25) is 0 Å². The Bertz CT molecular complexity index is 1350. The second-order valence-corrected chi connectivity index (χ2v) is 8.43. The fraction of sp³-hybridized carbons (Fsp3) is 0.200. The molecule has 4 aromatic rings. The average molecular weight is 424 g/mol. The number of nitrogens with zero attached hydrogens (tertiary/aromatic N) is 4. The molecule has 7 heteroatoms. The van der Waals surface area contributed by atoms with Crippen molar-refractivity contribution in [3.05, 3.63) is 83.9 Å². The first-order valence-corrected chi connectivity index (χ1v) is 10.9. The predicted octanol–water partition coefficient (Wildman–Crippen LogP) is 4.21. The number of aryl methyl sites for hydroxylation is 1. The van der Waals surface area contributed by atoms with Gasteiger partial charge in [0, 0.05) is 48.2 Å². The number of rotatable bonds is 3. The molecule has 0 aliphatic carbocycles. The molecule has 0 saturated carbocycles. The summed E-state index contributed by atoms with van der Waals surface area (Å²) in [4.78, 5) is 4.53. The van der Waals surface area contributed by atoms with E-state index in [0.29, 0.717) is 0 Å². The van der Waals surface area contributed by atoms with Gasteiger partial charge in [-0.2, -0.15) is 5.10 Å². The van der Waals surface area contributed by atoms with Crippen LogP contribution in [-0.2, 0) is 7.05 Å². The number of aromatic nitrogens is 3. The third-order valence-corrected chi connectivity index (χ3v) is 6.34. The Morgan fingerprint density at radius 2 is 2.03 bits per heavy atom. The van der Waals surface area contributed by atoms with E-state index in [2.05, 4.69) is 87.0 Å². The Kier molecular flexibility index (Phi) is 4.36. The molecule has 0 radical (unpaired) electrons. The van der Waals surface area contributed by atoms with Crippen LogP contribution in [0.3, 0.4) is 0 Å². The average Bonchev–Trinajstić information content (AvgIpc) is 3.37. The Morgan fingerprint density at radius 3 is 2.91 bits per heavy atom. The van der Waals surface area contributed by atoms with Crippen LogP contribution in [0.4, 0.5) is 5.69 Å². The number of pyridine rings is 1. The second-order valence-electron chi connectivity index (χ2n) is 8.43. The van der Waals surface area contributed by atoms with Gasteiger partial charge in [-0.3, -0.25) is 14.7 Å². The molecule has 2 aliphatic rings. The van der Waals surface area contributed by atoms with Gasteiger partial charge in [-0.05, 0) is 54.8 Å². The fourth-order valence-electron chi connectivity index (χ4n) is 4.78. The second kappa shape index (κ2) is 7.39. The standard InChI is InChI=1S/C25H25N7/c1-16-25-19-9-8-17(18-14-27-31(2)15-18)13-21(19)24(10-12-32(25)30-29-16)28-23-7-3-6-22-20(23)5-4-11-26-22/h3-9,11,13-15,24,28-30H,10,12H2,1-2H3. The predicted molar refractivity (Wildman–Crippen MR) is 127 cm³/mol. The summed E-state index contributed by atoms with van der Waals surface area (Å²) in [6, 6.07) is 17.3. The summed E-state index contributed by atoms with van der Waals surface area (Å²) in [5.74, 6) is 0. The number of hydrogen-bond acceptors (Lipinski definition) is 6. The number of fused-ring (bicyclic) bond motifs is 4. The van der Waals surface area contributed by atoms with E-state index in [1.165, 1.54) is 22.4 Å². The van der Waals surface area contributed by atoms with Gasteiger partial charge in [-0.1, -0.05) is 18.2 Å². The number of hydrogen-bond donors (Lipinski definition) is 3. The molecule has 0 saturated heterocycles. The quantitative estimate of drug-likeness (QED) is 0.459. The van der Waals surface area contributed by atoms with Gasteiger partial charge >= 0.3 is 0 Å². The minimum Gasteiger partial charge on any atom is -0.378 e. The topological polar surface area (TPSA) is 70.0 Å². The summed E-state index contributed by atoms with van der Waals surface area (Å²) < 4.78 is 1.85. The van der Waals surface area contributed by atoms with Crippen molar-refractivity contribution < 1.29 is 0 Å². The van der Waals surface area contributed by atoms with Crippen LogP contribution in [-0.4, -0.2) is 26.3 Å². The number of allylic oxidation sites excluding steroid dienone is 1. The van der Waals surface area contributed by atoms with Crippen molar-refractivity contribution in [3.8, 4) is 11.1 Å². The number of anilines is 1. The van der Waals surface area contributed by atoms with Gasteiger partial charge in [-0.15, -0.1) is 5.53 Å². The van der Waals surface area contributed by atoms with Gasteiger partial charge in [0.1, 0.15) is 0 Å². The first kappa shape index (κ1) is 18.9. The Hall–Kier alpha value is -3.84. The van der Waals surface area contributed by atoms with Gasteiger partial charge in [0.25, 0.3) is 0 Å². The molecule has 0 amide bonds. The van der Waals surface area contributed by atoms with Crippen LogP contribution in [0, 0.1) is 0 Å². The van der Waals surface area contributed by atoms with Crippen molar-refractivity contribution in [2.24, 2.45) is 7.05 Å². The van der Waals surface area contributed by atoms with E-state index in [0.717, 1.165) is 40.8 Å². The number of nitrogens with one attached hydrogen (secondary N) is 3. The molecule has 2 aliphatic heterocycles. The lowest BCUT2D eigenvalue weighted by atomic mass is 9.93. The van der Waals surface area contributed by atoms with Crippen molar-refractivity contribution in [2.75, 3.05) is 11.9 Å². The monoisotopic (exact) mass is 423 g/mol. The smallest absolute Gasteiger partial charge is 0.0814 e. The number of benzene rings is 2. The molecule has 160 valence electrons. The van der Waals surface area contributed by atoms with Crippen molar-refractivity contribution in [2.45, 2.75) is 19.4 Å². The largest absolute Gasteiger partial charge is 0.378 e. The van der Waals surface area contributed by atoms with E-state index >= 15 is 0 Å². The first-order chi connectivity index (χ1) is 15.7. The lowest BCUT2D eigenvalue weighted by molar-refractivity contribution is 0.281.